The van der Waals surface area contributed by atoms with Crippen LogP contribution in [0.25, 0.3) is 0 Å². The molecule has 0 spiro atoms. The van der Waals surface area contributed by atoms with Crippen molar-refractivity contribution in [1.82, 2.24) is 9.88 Å². The summed E-state index contributed by atoms with van der Waals surface area (Å²) in [4.78, 5) is 6.29. The SMILES string of the molecule is OCCN(Cc1ccc(Cl)cc1)Cc1cccnc1. The van der Waals surface area contributed by atoms with Crippen molar-refractivity contribution in [1.29, 1.82) is 0 Å². The van der Waals surface area contributed by atoms with Crippen molar-refractivity contribution < 1.29 is 5.11 Å². The lowest BCUT2D eigenvalue weighted by atomic mass is 10.2. The molecule has 1 aromatic carbocycles. The molecule has 0 saturated carbocycles. The highest BCUT2D eigenvalue weighted by molar-refractivity contribution is 6.30. The van der Waals surface area contributed by atoms with Gasteiger partial charge in [0.05, 0.1) is 6.61 Å². The number of benzene rings is 1. The van der Waals surface area contributed by atoms with E-state index in [9.17, 15) is 0 Å². The summed E-state index contributed by atoms with van der Waals surface area (Å²) in [5, 5.41) is 9.90. The lowest BCUT2D eigenvalue weighted by molar-refractivity contribution is 0.184. The normalized spacial score (nSPS) is 10.9. The number of aromatic nitrogens is 1. The van der Waals surface area contributed by atoms with Crippen LogP contribution in [0.5, 0.6) is 0 Å². The molecule has 1 aromatic heterocycles. The highest BCUT2D eigenvalue weighted by Crippen LogP contribution is 2.13. The largest absolute Gasteiger partial charge is 0.395 e. The van der Waals surface area contributed by atoms with Crippen LogP contribution in [0.1, 0.15) is 11.1 Å². The molecule has 4 heteroatoms. The van der Waals surface area contributed by atoms with Gasteiger partial charge in [0, 0.05) is 37.1 Å². The number of hydrogen-bond donors (Lipinski definition) is 1. The minimum absolute atomic E-state index is 0.147. The van der Waals surface area contributed by atoms with Crippen LogP contribution in [0.15, 0.2) is 48.8 Å². The molecule has 2 aromatic rings. The first kappa shape index (κ1) is 14.0. The molecule has 0 aliphatic heterocycles. The first-order chi connectivity index (χ1) is 9.28. The van der Waals surface area contributed by atoms with Crippen LogP contribution >= 0.6 is 11.6 Å². The van der Waals surface area contributed by atoms with Gasteiger partial charge >= 0.3 is 0 Å². The van der Waals surface area contributed by atoms with E-state index in [1.807, 2.05) is 42.6 Å². The Balaban J connectivity index is 2.01. The van der Waals surface area contributed by atoms with Crippen molar-refractivity contribution in [2.24, 2.45) is 0 Å². The second-order valence-corrected chi connectivity index (χ2v) is 4.86. The van der Waals surface area contributed by atoms with E-state index < -0.39 is 0 Å². The number of halogens is 1. The summed E-state index contributed by atoms with van der Waals surface area (Å²) in [5.41, 5.74) is 2.33. The van der Waals surface area contributed by atoms with E-state index in [-0.39, 0.29) is 6.61 Å². The molecular weight excluding hydrogens is 260 g/mol. The zero-order valence-corrected chi connectivity index (χ0v) is 11.4. The molecule has 3 nitrogen and oxygen atoms in total. The molecule has 0 atom stereocenters. The average molecular weight is 277 g/mol. The van der Waals surface area contributed by atoms with Crippen LogP contribution in [-0.4, -0.2) is 28.1 Å². The summed E-state index contributed by atoms with van der Waals surface area (Å²) in [5.74, 6) is 0. The zero-order valence-electron chi connectivity index (χ0n) is 10.7. The van der Waals surface area contributed by atoms with Crippen molar-refractivity contribution in [3.05, 3.63) is 64.9 Å². The van der Waals surface area contributed by atoms with Crippen LogP contribution in [0.4, 0.5) is 0 Å². The smallest absolute Gasteiger partial charge is 0.0558 e. The minimum Gasteiger partial charge on any atom is -0.395 e. The quantitative estimate of drug-likeness (QED) is 0.881. The number of nitrogens with zero attached hydrogens (tertiary/aromatic N) is 2. The Morgan fingerprint density at radius 1 is 1.05 bits per heavy atom. The van der Waals surface area contributed by atoms with Crippen LogP contribution in [0.3, 0.4) is 0 Å². The summed E-state index contributed by atoms with van der Waals surface area (Å²) in [6, 6.07) is 11.8. The van der Waals surface area contributed by atoms with E-state index in [0.29, 0.717) is 6.54 Å². The Morgan fingerprint density at radius 3 is 2.42 bits per heavy atom. The molecule has 100 valence electrons. The second kappa shape index (κ2) is 7.24. The molecule has 2 rings (SSSR count). The van der Waals surface area contributed by atoms with Gasteiger partial charge in [0.15, 0.2) is 0 Å². The summed E-state index contributed by atoms with van der Waals surface area (Å²) in [7, 11) is 0. The van der Waals surface area contributed by atoms with Gasteiger partial charge in [0.1, 0.15) is 0 Å². The Bertz CT molecular complexity index is 487. The third-order valence-corrected chi connectivity index (χ3v) is 3.12. The predicted molar refractivity (Wildman–Crippen MR) is 76.9 cm³/mol. The van der Waals surface area contributed by atoms with Crippen molar-refractivity contribution in [2.75, 3.05) is 13.2 Å². The molecule has 0 radical (unpaired) electrons. The summed E-state index contributed by atoms with van der Waals surface area (Å²) >= 11 is 5.88. The predicted octanol–water partition coefficient (Wildman–Crippen LogP) is 2.73. The minimum atomic E-state index is 0.147. The fourth-order valence-corrected chi connectivity index (χ4v) is 2.08. The van der Waals surface area contributed by atoms with E-state index >= 15 is 0 Å². The molecule has 1 N–H and O–H groups in total. The molecule has 0 bridgehead atoms. The molecule has 19 heavy (non-hydrogen) atoms. The number of pyridine rings is 1. The summed E-state index contributed by atoms with van der Waals surface area (Å²) < 4.78 is 0. The van der Waals surface area contributed by atoms with Gasteiger partial charge in [-0.15, -0.1) is 0 Å². The van der Waals surface area contributed by atoms with Gasteiger partial charge in [-0.1, -0.05) is 29.8 Å². The maximum atomic E-state index is 9.16. The Morgan fingerprint density at radius 2 is 1.79 bits per heavy atom. The first-order valence-corrected chi connectivity index (χ1v) is 6.62. The topological polar surface area (TPSA) is 36.4 Å². The Hall–Kier alpha value is -1.42. The van der Waals surface area contributed by atoms with E-state index in [1.165, 1.54) is 5.56 Å². The lowest BCUT2D eigenvalue weighted by Crippen LogP contribution is -2.26. The number of hydrogen-bond acceptors (Lipinski definition) is 3. The highest BCUT2D eigenvalue weighted by Gasteiger charge is 2.06. The zero-order chi connectivity index (χ0) is 13.5. The molecule has 0 saturated heterocycles. The molecule has 0 fully saturated rings. The van der Waals surface area contributed by atoms with Crippen LogP contribution in [0.2, 0.25) is 5.02 Å². The average Bonchev–Trinajstić information content (AvgIpc) is 2.43. The first-order valence-electron chi connectivity index (χ1n) is 6.24. The van der Waals surface area contributed by atoms with Crippen molar-refractivity contribution in [3.8, 4) is 0 Å². The lowest BCUT2D eigenvalue weighted by Gasteiger charge is -2.21. The van der Waals surface area contributed by atoms with Crippen molar-refractivity contribution in [2.45, 2.75) is 13.1 Å². The second-order valence-electron chi connectivity index (χ2n) is 4.42. The maximum absolute atomic E-state index is 9.16. The fraction of sp³-hybridized carbons (Fsp3) is 0.267. The van der Waals surface area contributed by atoms with Crippen LogP contribution < -0.4 is 0 Å². The number of rotatable bonds is 6. The van der Waals surface area contributed by atoms with E-state index in [4.69, 9.17) is 16.7 Å². The van der Waals surface area contributed by atoms with E-state index in [2.05, 4.69) is 9.88 Å². The van der Waals surface area contributed by atoms with Gasteiger partial charge in [0.2, 0.25) is 0 Å². The Kier molecular flexibility index (Phi) is 5.33. The monoisotopic (exact) mass is 276 g/mol. The van der Waals surface area contributed by atoms with Gasteiger partial charge in [0.25, 0.3) is 0 Å². The van der Waals surface area contributed by atoms with Gasteiger partial charge in [-0.3, -0.25) is 9.88 Å². The highest BCUT2D eigenvalue weighted by atomic mass is 35.5. The van der Waals surface area contributed by atoms with Gasteiger partial charge in [-0.05, 0) is 29.3 Å². The summed E-state index contributed by atoms with van der Waals surface area (Å²) in [6.45, 7) is 2.34. The molecule has 0 unspecified atom stereocenters. The van der Waals surface area contributed by atoms with Crippen LogP contribution in [-0.2, 0) is 13.1 Å². The third kappa shape index (κ3) is 4.63. The molecular formula is C15H17ClN2O. The van der Waals surface area contributed by atoms with Crippen molar-refractivity contribution >= 4 is 11.6 Å². The summed E-state index contributed by atoms with van der Waals surface area (Å²) in [6.07, 6.45) is 3.62. The molecule has 0 aliphatic rings. The van der Waals surface area contributed by atoms with Gasteiger partial charge < -0.3 is 5.11 Å². The van der Waals surface area contributed by atoms with Gasteiger partial charge in [-0.2, -0.15) is 0 Å². The molecule has 0 amide bonds. The Labute approximate surface area is 118 Å². The van der Waals surface area contributed by atoms with E-state index in [0.717, 1.165) is 23.7 Å². The number of aliphatic hydroxyl groups is 1. The van der Waals surface area contributed by atoms with E-state index in [1.54, 1.807) is 6.20 Å². The number of aliphatic hydroxyl groups excluding tert-OH is 1. The van der Waals surface area contributed by atoms with Crippen LogP contribution in [0, 0.1) is 0 Å². The fourth-order valence-electron chi connectivity index (χ4n) is 1.95. The molecule has 1 heterocycles. The standard InChI is InChI=1S/C15H17ClN2O/c16-15-5-3-13(4-6-15)11-18(8-9-19)12-14-2-1-7-17-10-14/h1-7,10,19H,8-9,11-12H2. The third-order valence-electron chi connectivity index (χ3n) is 2.86. The van der Waals surface area contributed by atoms with Crippen molar-refractivity contribution in [3.63, 3.8) is 0 Å². The van der Waals surface area contributed by atoms with Gasteiger partial charge in [-0.25, -0.2) is 0 Å². The maximum Gasteiger partial charge on any atom is 0.0558 e. The molecule has 0 aliphatic carbocycles.